The van der Waals surface area contributed by atoms with Gasteiger partial charge in [-0.2, -0.15) is 28.4 Å². The van der Waals surface area contributed by atoms with Crippen LogP contribution in [0.25, 0.3) is 21.8 Å². The highest BCUT2D eigenvalue weighted by molar-refractivity contribution is 5.84. The molecule has 2 N–H and O–H groups in total. The third kappa shape index (κ3) is 3.57. The molecule has 3 heterocycles. The fourth-order valence-electron chi connectivity index (χ4n) is 3.47. The molecule has 32 heavy (non-hydrogen) atoms. The van der Waals surface area contributed by atoms with Crippen molar-refractivity contribution in [2.24, 2.45) is 14.1 Å². The number of nitrogens with zero attached hydrogens (tertiary/aromatic N) is 6. The topological polar surface area (TPSA) is 85.5 Å². The number of benzene rings is 2. The second-order valence-corrected chi connectivity index (χ2v) is 7.29. The smallest absolute Gasteiger partial charge is 0.339 e. The average Bonchev–Trinajstić information content (AvgIpc) is 3.30. The first kappa shape index (κ1) is 19.8. The van der Waals surface area contributed by atoms with Gasteiger partial charge in [0, 0.05) is 42.4 Å². The first-order valence-corrected chi connectivity index (χ1v) is 9.60. The lowest BCUT2D eigenvalue weighted by Crippen LogP contribution is -2.12. The average molecular weight is 438 g/mol. The van der Waals surface area contributed by atoms with Gasteiger partial charge in [-0.15, -0.1) is 0 Å². The summed E-state index contributed by atoms with van der Waals surface area (Å²) >= 11 is 0. The summed E-state index contributed by atoms with van der Waals surface area (Å²) in [6.07, 6.45) is -0.462. The minimum atomic E-state index is -4.62. The second-order valence-electron chi connectivity index (χ2n) is 7.29. The van der Waals surface area contributed by atoms with Gasteiger partial charge in [0.1, 0.15) is 11.4 Å². The Hall–Kier alpha value is -4.15. The molecule has 0 fully saturated rings. The molecule has 2 aromatic carbocycles. The molecule has 0 aliphatic carbocycles. The van der Waals surface area contributed by atoms with Gasteiger partial charge in [-0.1, -0.05) is 0 Å². The molecule has 0 saturated heterocycles. The Kier molecular flexibility index (Phi) is 4.47. The quantitative estimate of drug-likeness (QED) is 0.421. The van der Waals surface area contributed by atoms with E-state index in [-0.39, 0.29) is 11.8 Å². The van der Waals surface area contributed by atoms with Gasteiger partial charge in [0.05, 0.1) is 23.4 Å². The Morgan fingerprint density at radius 1 is 0.781 bits per heavy atom. The highest BCUT2D eigenvalue weighted by Crippen LogP contribution is 2.36. The van der Waals surface area contributed by atoms with Crippen molar-refractivity contribution >= 4 is 44.9 Å². The molecule has 5 aromatic rings. The van der Waals surface area contributed by atoms with Crippen LogP contribution >= 0.6 is 0 Å². The lowest BCUT2D eigenvalue weighted by molar-refractivity contribution is -0.137. The number of aromatic nitrogens is 6. The van der Waals surface area contributed by atoms with E-state index in [1.54, 1.807) is 53.1 Å². The highest BCUT2D eigenvalue weighted by Gasteiger charge is 2.35. The summed E-state index contributed by atoms with van der Waals surface area (Å²) in [4.78, 5) is 7.98. The third-order valence-corrected chi connectivity index (χ3v) is 5.11. The Morgan fingerprint density at radius 3 is 2.25 bits per heavy atom. The summed E-state index contributed by atoms with van der Waals surface area (Å²) in [5.41, 5.74) is 1.83. The molecule has 0 atom stereocenters. The summed E-state index contributed by atoms with van der Waals surface area (Å²) in [6, 6.07) is 10.6. The van der Waals surface area contributed by atoms with Crippen molar-refractivity contribution in [2.45, 2.75) is 6.18 Å². The number of hydrogen-bond donors (Lipinski definition) is 2. The first-order chi connectivity index (χ1) is 15.3. The van der Waals surface area contributed by atoms with Gasteiger partial charge in [-0.3, -0.25) is 9.36 Å². The molecule has 0 radical (unpaired) electrons. The second kappa shape index (κ2) is 7.22. The number of hydrogen-bond acceptors (Lipinski definition) is 6. The standard InChI is InChI=1S/C21H17F3N8/c1-31-17-6-5-14(7-13(17)10-27-31)29-20-25-11-16(21(22,23)24)19(30-20)28-15-4-3-12-9-26-32(2)18(12)8-15/h3-11H,1-2H3,(H2,25,28,29,30). The molecular formula is C21H17F3N8. The van der Waals surface area contributed by atoms with Gasteiger partial charge in [0.15, 0.2) is 0 Å². The van der Waals surface area contributed by atoms with E-state index in [1.165, 1.54) is 0 Å². The van der Waals surface area contributed by atoms with E-state index in [2.05, 4.69) is 30.8 Å². The van der Waals surface area contributed by atoms with Crippen LogP contribution in [0.5, 0.6) is 0 Å². The molecule has 0 saturated carbocycles. The first-order valence-electron chi connectivity index (χ1n) is 9.60. The zero-order valence-corrected chi connectivity index (χ0v) is 17.0. The van der Waals surface area contributed by atoms with Crippen LogP contribution in [0, 0.1) is 0 Å². The number of nitrogens with one attached hydrogen (secondary N) is 2. The van der Waals surface area contributed by atoms with E-state index in [9.17, 15) is 13.2 Å². The molecule has 11 heteroatoms. The number of fused-ring (bicyclic) bond motifs is 2. The molecule has 0 amide bonds. The molecular weight excluding hydrogens is 421 g/mol. The number of alkyl halides is 3. The van der Waals surface area contributed by atoms with E-state index in [1.807, 2.05) is 19.2 Å². The van der Waals surface area contributed by atoms with Crippen molar-refractivity contribution in [3.8, 4) is 0 Å². The van der Waals surface area contributed by atoms with Crippen LogP contribution in [0.2, 0.25) is 0 Å². The molecule has 162 valence electrons. The molecule has 0 bridgehead atoms. The summed E-state index contributed by atoms with van der Waals surface area (Å²) < 4.78 is 44.1. The van der Waals surface area contributed by atoms with Gasteiger partial charge >= 0.3 is 6.18 Å². The molecule has 0 unspecified atom stereocenters. The predicted molar refractivity (Wildman–Crippen MR) is 115 cm³/mol. The van der Waals surface area contributed by atoms with Crippen LogP contribution in [-0.2, 0) is 20.3 Å². The lowest BCUT2D eigenvalue weighted by atomic mass is 10.2. The van der Waals surface area contributed by atoms with Crippen LogP contribution in [-0.4, -0.2) is 29.5 Å². The van der Waals surface area contributed by atoms with Crippen LogP contribution in [0.1, 0.15) is 5.56 Å². The minimum absolute atomic E-state index is 0.0327. The maximum atomic E-state index is 13.6. The monoisotopic (exact) mass is 438 g/mol. The van der Waals surface area contributed by atoms with Crippen molar-refractivity contribution < 1.29 is 13.2 Å². The fraction of sp³-hybridized carbons (Fsp3) is 0.143. The Labute approximate surface area is 179 Å². The molecule has 0 aliphatic rings. The number of anilines is 4. The Balaban J connectivity index is 1.50. The molecule has 3 aromatic heterocycles. The van der Waals surface area contributed by atoms with E-state index >= 15 is 0 Å². The summed E-state index contributed by atoms with van der Waals surface area (Å²) in [5, 5.41) is 15.8. The van der Waals surface area contributed by atoms with Crippen LogP contribution in [0.4, 0.5) is 36.3 Å². The molecule has 5 rings (SSSR count). The number of rotatable bonds is 4. The van der Waals surface area contributed by atoms with E-state index in [0.717, 1.165) is 28.0 Å². The lowest BCUT2D eigenvalue weighted by Gasteiger charge is -2.15. The summed E-state index contributed by atoms with van der Waals surface area (Å²) in [6.45, 7) is 0. The molecule has 0 aliphatic heterocycles. The zero-order valence-electron chi connectivity index (χ0n) is 17.0. The Bertz CT molecular complexity index is 1450. The van der Waals surface area contributed by atoms with E-state index in [4.69, 9.17) is 0 Å². The van der Waals surface area contributed by atoms with E-state index < -0.39 is 11.7 Å². The molecule has 8 nitrogen and oxygen atoms in total. The van der Waals surface area contributed by atoms with Crippen molar-refractivity contribution in [3.05, 3.63) is 60.6 Å². The summed E-state index contributed by atoms with van der Waals surface area (Å²) in [7, 11) is 3.59. The third-order valence-electron chi connectivity index (χ3n) is 5.11. The number of halogens is 3. The van der Waals surface area contributed by atoms with E-state index in [0.29, 0.717) is 11.4 Å². The maximum Gasteiger partial charge on any atom is 0.421 e. The predicted octanol–water partition coefficient (Wildman–Crippen LogP) is 4.76. The fourth-order valence-corrected chi connectivity index (χ4v) is 3.47. The normalized spacial score (nSPS) is 11.9. The van der Waals surface area contributed by atoms with Crippen LogP contribution < -0.4 is 10.6 Å². The maximum absolute atomic E-state index is 13.6. The summed E-state index contributed by atoms with van der Waals surface area (Å²) in [5.74, 6) is -0.315. The molecule has 0 spiro atoms. The van der Waals surface area contributed by atoms with Gasteiger partial charge in [0.25, 0.3) is 0 Å². The number of aryl methyl sites for hydroxylation is 2. The van der Waals surface area contributed by atoms with Crippen LogP contribution in [0.15, 0.2) is 55.0 Å². The highest BCUT2D eigenvalue weighted by atomic mass is 19.4. The van der Waals surface area contributed by atoms with Crippen molar-refractivity contribution in [3.63, 3.8) is 0 Å². The van der Waals surface area contributed by atoms with Gasteiger partial charge in [-0.05, 0) is 36.4 Å². The minimum Gasteiger partial charge on any atom is -0.339 e. The van der Waals surface area contributed by atoms with Gasteiger partial charge in [0.2, 0.25) is 5.95 Å². The van der Waals surface area contributed by atoms with Crippen molar-refractivity contribution in [1.29, 1.82) is 0 Å². The van der Waals surface area contributed by atoms with Crippen LogP contribution in [0.3, 0.4) is 0 Å². The SMILES string of the molecule is Cn1ncc2cc(Nc3ncc(C(F)(F)F)c(Nc4ccc5cnn(C)c5c4)n3)ccc21. The van der Waals surface area contributed by atoms with Crippen molar-refractivity contribution in [2.75, 3.05) is 10.6 Å². The largest absolute Gasteiger partial charge is 0.421 e. The Morgan fingerprint density at radius 2 is 1.47 bits per heavy atom. The van der Waals surface area contributed by atoms with Gasteiger partial charge < -0.3 is 10.6 Å². The zero-order chi connectivity index (χ0) is 22.5. The van der Waals surface area contributed by atoms with Gasteiger partial charge in [-0.25, -0.2) is 4.98 Å². The van der Waals surface area contributed by atoms with Crippen molar-refractivity contribution in [1.82, 2.24) is 29.5 Å².